The van der Waals surface area contributed by atoms with Crippen molar-refractivity contribution < 1.29 is 13.9 Å². The molecule has 0 radical (unpaired) electrons. The second kappa shape index (κ2) is 8.84. The lowest BCUT2D eigenvalue weighted by Gasteiger charge is -2.36. The Morgan fingerprint density at radius 2 is 1.92 bits per heavy atom. The number of aromatic nitrogens is 2. The average Bonchev–Trinajstić information content (AvgIpc) is 3.01. The third-order valence-electron chi connectivity index (χ3n) is 5.57. The number of likely N-dealkylation sites (tertiary alicyclic amines) is 2. The van der Waals surface area contributed by atoms with Crippen molar-refractivity contribution in [2.45, 2.75) is 70.8 Å². The molecule has 1 atom stereocenters. The normalized spacial score (nSPS) is 23.2. The number of ether oxygens (including phenoxy) is 1. The van der Waals surface area contributed by atoms with E-state index in [9.17, 15) is 4.79 Å². The summed E-state index contributed by atoms with van der Waals surface area (Å²) in [5.41, 5.74) is 0. The Bertz CT molecular complexity index is 581. The van der Waals surface area contributed by atoms with Crippen LogP contribution in [0.5, 0.6) is 0 Å². The van der Waals surface area contributed by atoms with Crippen LogP contribution in [0.4, 0.5) is 4.79 Å². The topological polar surface area (TPSA) is 71.7 Å². The Kier molecular flexibility index (Phi) is 6.51. The molecule has 2 aliphatic rings. The minimum atomic E-state index is -0.163. The van der Waals surface area contributed by atoms with E-state index in [0.717, 1.165) is 70.1 Å². The molecular weight excluding hydrogens is 332 g/mol. The molecule has 1 amide bonds. The molecule has 0 N–H and O–H groups in total. The minimum Gasteiger partial charge on any atom is -0.450 e. The fourth-order valence-corrected chi connectivity index (χ4v) is 4.00. The lowest BCUT2D eigenvalue weighted by atomic mass is 9.94. The molecule has 1 aromatic heterocycles. The van der Waals surface area contributed by atoms with Crippen molar-refractivity contribution >= 4 is 6.09 Å². The molecule has 0 aromatic carbocycles. The van der Waals surface area contributed by atoms with Crippen molar-refractivity contribution in [3.63, 3.8) is 0 Å². The number of piperidine rings is 1. The van der Waals surface area contributed by atoms with Crippen LogP contribution >= 0.6 is 0 Å². The van der Waals surface area contributed by atoms with Crippen molar-refractivity contribution in [1.82, 2.24) is 20.0 Å². The first kappa shape index (κ1) is 19.1. The van der Waals surface area contributed by atoms with Gasteiger partial charge >= 0.3 is 6.09 Å². The Morgan fingerprint density at radius 3 is 2.58 bits per heavy atom. The first-order valence-electron chi connectivity index (χ1n) is 10.1. The molecule has 1 aromatic rings. The van der Waals surface area contributed by atoms with Gasteiger partial charge in [-0.25, -0.2) is 4.79 Å². The third-order valence-corrected chi connectivity index (χ3v) is 5.57. The van der Waals surface area contributed by atoms with Gasteiger partial charge in [0.1, 0.15) is 0 Å². The van der Waals surface area contributed by atoms with Gasteiger partial charge in [0, 0.05) is 31.0 Å². The van der Waals surface area contributed by atoms with Crippen LogP contribution in [-0.4, -0.2) is 64.9 Å². The fourth-order valence-electron chi connectivity index (χ4n) is 4.00. The molecule has 0 aliphatic carbocycles. The molecule has 3 rings (SSSR count). The summed E-state index contributed by atoms with van der Waals surface area (Å²) in [7, 11) is 0. The van der Waals surface area contributed by atoms with E-state index in [4.69, 9.17) is 9.15 Å². The molecule has 1 unspecified atom stereocenters. The predicted octanol–water partition coefficient (Wildman–Crippen LogP) is 3.38. The van der Waals surface area contributed by atoms with Crippen molar-refractivity contribution in [3.8, 4) is 0 Å². The van der Waals surface area contributed by atoms with Crippen LogP contribution in [0.25, 0.3) is 0 Å². The largest absolute Gasteiger partial charge is 0.450 e. The van der Waals surface area contributed by atoms with Crippen LogP contribution in [0, 0.1) is 0 Å². The highest BCUT2D eigenvalue weighted by Gasteiger charge is 2.30. The van der Waals surface area contributed by atoms with Gasteiger partial charge in [0.25, 0.3) is 0 Å². The van der Waals surface area contributed by atoms with Gasteiger partial charge in [-0.3, -0.25) is 0 Å². The number of hydrogen-bond acceptors (Lipinski definition) is 6. The van der Waals surface area contributed by atoms with Gasteiger partial charge in [-0.2, -0.15) is 0 Å². The van der Waals surface area contributed by atoms with Crippen LogP contribution in [0.3, 0.4) is 0 Å². The molecule has 0 spiro atoms. The number of rotatable bonds is 4. The Morgan fingerprint density at radius 1 is 1.15 bits per heavy atom. The maximum atomic E-state index is 12.0. The highest BCUT2D eigenvalue weighted by molar-refractivity contribution is 5.67. The van der Waals surface area contributed by atoms with E-state index >= 15 is 0 Å². The molecule has 2 aliphatic heterocycles. The first-order valence-corrected chi connectivity index (χ1v) is 10.1. The molecule has 7 heteroatoms. The van der Waals surface area contributed by atoms with E-state index in [1.54, 1.807) is 0 Å². The highest BCUT2D eigenvalue weighted by atomic mass is 16.6. The Balaban J connectivity index is 1.49. The van der Waals surface area contributed by atoms with Crippen LogP contribution in [0.15, 0.2) is 4.42 Å². The van der Waals surface area contributed by atoms with Gasteiger partial charge < -0.3 is 19.0 Å². The zero-order chi connectivity index (χ0) is 18.5. The fraction of sp³-hybridized carbons (Fsp3) is 0.842. The van der Waals surface area contributed by atoms with E-state index in [-0.39, 0.29) is 12.0 Å². The number of carbonyl (C=O) groups excluding carboxylic acids is 1. The predicted molar refractivity (Wildman–Crippen MR) is 98.2 cm³/mol. The molecule has 26 heavy (non-hydrogen) atoms. The maximum Gasteiger partial charge on any atom is 0.409 e. The smallest absolute Gasteiger partial charge is 0.409 e. The van der Waals surface area contributed by atoms with Gasteiger partial charge in [-0.15, -0.1) is 10.2 Å². The summed E-state index contributed by atoms with van der Waals surface area (Å²) in [4.78, 5) is 16.4. The van der Waals surface area contributed by atoms with Gasteiger partial charge in [0.15, 0.2) is 0 Å². The third kappa shape index (κ3) is 4.55. The van der Waals surface area contributed by atoms with Gasteiger partial charge in [-0.05, 0) is 52.1 Å². The highest BCUT2D eigenvalue weighted by Crippen LogP contribution is 2.30. The summed E-state index contributed by atoms with van der Waals surface area (Å²) in [6.07, 6.45) is 5.20. The zero-order valence-corrected chi connectivity index (χ0v) is 16.3. The van der Waals surface area contributed by atoms with Crippen LogP contribution in [0.1, 0.15) is 76.5 Å². The van der Waals surface area contributed by atoms with Crippen molar-refractivity contribution in [2.75, 3.05) is 32.8 Å². The standard InChI is InChI=1S/C19H32N4O3/c1-4-25-19(24)23-10-5-6-16(9-13-23)22-11-7-15(8-12-22)18-21-20-17(26-18)14(2)3/h14-16H,4-13H2,1-3H3. The summed E-state index contributed by atoms with van der Waals surface area (Å²) in [6, 6.07) is 0.560. The Hall–Kier alpha value is -1.63. The summed E-state index contributed by atoms with van der Waals surface area (Å²) < 4.78 is 11.0. The lowest BCUT2D eigenvalue weighted by Crippen LogP contribution is -2.41. The summed E-state index contributed by atoms with van der Waals surface area (Å²) in [5.74, 6) is 2.21. The summed E-state index contributed by atoms with van der Waals surface area (Å²) >= 11 is 0. The molecule has 2 fully saturated rings. The lowest BCUT2D eigenvalue weighted by molar-refractivity contribution is 0.104. The zero-order valence-electron chi connectivity index (χ0n) is 16.3. The SMILES string of the molecule is CCOC(=O)N1CCCC(N2CCC(c3nnc(C(C)C)o3)CC2)CC1. The van der Waals surface area contributed by atoms with E-state index in [2.05, 4.69) is 28.9 Å². The van der Waals surface area contributed by atoms with Crippen LogP contribution in [0.2, 0.25) is 0 Å². The van der Waals surface area contributed by atoms with Crippen molar-refractivity contribution in [3.05, 3.63) is 11.8 Å². The first-order chi connectivity index (χ1) is 12.6. The van der Waals surface area contributed by atoms with Crippen molar-refractivity contribution in [2.24, 2.45) is 0 Å². The summed E-state index contributed by atoms with van der Waals surface area (Å²) in [6.45, 7) is 10.2. The molecule has 2 saturated heterocycles. The van der Waals surface area contributed by atoms with Crippen LogP contribution < -0.4 is 0 Å². The van der Waals surface area contributed by atoms with E-state index in [1.165, 1.54) is 0 Å². The number of amides is 1. The molecular formula is C19H32N4O3. The number of hydrogen-bond donors (Lipinski definition) is 0. The summed E-state index contributed by atoms with van der Waals surface area (Å²) in [5, 5.41) is 8.44. The monoisotopic (exact) mass is 364 g/mol. The average molecular weight is 364 g/mol. The van der Waals surface area contributed by atoms with E-state index in [1.807, 2.05) is 11.8 Å². The minimum absolute atomic E-state index is 0.163. The molecule has 0 saturated carbocycles. The van der Waals surface area contributed by atoms with Crippen LogP contribution in [-0.2, 0) is 4.74 Å². The second-order valence-electron chi connectivity index (χ2n) is 7.71. The quantitative estimate of drug-likeness (QED) is 0.815. The molecule has 7 nitrogen and oxygen atoms in total. The van der Waals surface area contributed by atoms with Gasteiger partial charge in [0.2, 0.25) is 11.8 Å². The molecule has 3 heterocycles. The Labute approximate surface area is 156 Å². The number of nitrogens with zero attached hydrogens (tertiary/aromatic N) is 4. The van der Waals surface area contributed by atoms with Gasteiger partial charge in [0.05, 0.1) is 6.61 Å². The van der Waals surface area contributed by atoms with E-state index in [0.29, 0.717) is 18.6 Å². The number of carbonyl (C=O) groups is 1. The van der Waals surface area contributed by atoms with Gasteiger partial charge in [-0.1, -0.05) is 13.8 Å². The second-order valence-corrected chi connectivity index (χ2v) is 7.71. The maximum absolute atomic E-state index is 12.0. The van der Waals surface area contributed by atoms with E-state index < -0.39 is 0 Å². The molecule has 0 bridgehead atoms. The molecule has 146 valence electrons. The van der Waals surface area contributed by atoms with Crippen molar-refractivity contribution in [1.29, 1.82) is 0 Å².